The van der Waals surface area contributed by atoms with Crippen LogP contribution in [-0.4, -0.2) is 91.3 Å². The molecule has 1 aromatic carbocycles. The van der Waals surface area contributed by atoms with Crippen LogP contribution in [0.15, 0.2) is 60.2 Å². The van der Waals surface area contributed by atoms with Crippen molar-refractivity contribution in [1.29, 1.82) is 0 Å². The van der Waals surface area contributed by atoms with Gasteiger partial charge in [0.05, 0.1) is 36.1 Å². The Balaban J connectivity index is 1.08. The van der Waals surface area contributed by atoms with Crippen molar-refractivity contribution in [2.24, 2.45) is 81.3 Å². The molecule has 4 bridgehead atoms. The van der Waals surface area contributed by atoms with E-state index in [9.17, 15) is 40.2 Å². The van der Waals surface area contributed by atoms with Gasteiger partial charge in [-0.15, -0.1) is 0 Å². The van der Waals surface area contributed by atoms with Gasteiger partial charge in [0.1, 0.15) is 18.0 Å². The standard InChI is InChI=1S/C53H65NO9/c55-27-49-36-20-40(46-42(49)23-45(59)63-46)43(54-29-57)19-32-12-4-1-8-30(32)9-5-6-17-48(49)24-34-15-16-35-22-44(58)41-18-33-13-7-14-38(31-10-2-3-11-31)39(33)21-37-25-51(60,52(48,61)26-36)47(34)50(35,28-56)53(37,41)62/h1,4,7-8,12-13,15-16,23,28,31,33-41,43-44,46-47,54-55,57-58,60-62H,2-3,6,10-11,14,17-22,24-27,29H2/t33-,34-,35+,36+,37+,38-,39-,40+,41+,43+,44+,46+,47-,48-,49-,50-,51+,52-,53+/m1/s1. The summed E-state index contributed by atoms with van der Waals surface area (Å²) in [6.45, 7) is -0.682. The molecular weight excluding hydrogens is 795 g/mol. The predicted molar refractivity (Wildman–Crippen MR) is 232 cm³/mol. The van der Waals surface area contributed by atoms with Crippen molar-refractivity contribution in [2.45, 2.75) is 131 Å². The van der Waals surface area contributed by atoms with Crippen LogP contribution in [0, 0.1) is 93.2 Å². The first kappa shape index (κ1) is 41.3. The van der Waals surface area contributed by atoms with Gasteiger partial charge in [0.15, 0.2) is 0 Å². The Kier molecular flexibility index (Phi) is 9.30. The average molecular weight is 860 g/mol. The highest BCUT2D eigenvalue weighted by atomic mass is 16.5. The number of hydrogen-bond acceptors (Lipinski definition) is 10. The van der Waals surface area contributed by atoms with Gasteiger partial charge in [-0.05, 0) is 129 Å². The summed E-state index contributed by atoms with van der Waals surface area (Å²) in [6.07, 6.45) is 19.1. The van der Waals surface area contributed by atoms with E-state index < -0.39 is 86.7 Å². The molecule has 13 rings (SSSR count). The lowest BCUT2D eigenvalue weighted by Gasteiger charge is -2.76. The van der Waals surface area contributed by atoms with Crippen LogP contribution >= 0.6 is 0 Å². The molecule has 7 N–H and O–H groups in total. The van der Waals surface area contributed by atoms with Crippen LogP contribution in [0.25, 0.3) is 0 Å². The number of aliphatic hydroxyl groups is 6. The third-order valence-corrected chi connectivity index (χ3v) is 21.2. The maximum absolute atomic E-state index is 14.7. The Morgan fingerprint density at radius 1 is 0.905 bits per heavy atom. The number of allylic oxidation sites excluding steroid dienone is 4. The minimum absolute atomic E-state index is 0.0654. The highest BCUT2D eigenvalue weighted by Crippen LogP contribution is 2.83. The summed E-state index contributed by atoms with van der Waals surface area (Å²) in [6, 6.07) is 7.63. The summed E-state index contributed by atoms with van der Waals surface area (Å²) < 4.78 is 6.29. The van der Waals surface area contributed by atoms with E-state index in [1.54, 1.807) is 6.08 Å². The highest BCUT2D eigenvalue weighted by molar-refractivity contribution is 5.87. The number of rotatable bonds is 5. The van der Waals surface area contributed by atoms with Gasteiger partial charge in [-0.3, -0.25) is 5.32 Å². The van der Waals surface area contributed by atoms with Crippen LogP contribution in [0.1, 0.15) is 101 Å². The van der Waals surface area contributed by atoms with E-state index in [0.29, 0.717) is 68.8 Å². The van der Waals surface area contributed by atoms with Crippen LogP contribution in [0.2, 0.25) is 0 Å². The average Bonchev–Trinajstić information content (AvgIpc) is 3.98. The molecule has 0 amide bonds. The van der Waals surface area contributed by atoms with Crippen molar-refractivity contribution >= 4 is 12.3 Å². The van der Waals surface area contributed by atoms with Crippen molar-refractivity contribution in [1.82, 2.24) is 5.32 Å². The van der Waals surface area contributed by atoms with Crippen molar-refractivity contribution in [3.8, 4) is 11.8 Å². The molecule has 11 aliphatic carbocycles. The number of aldehydes is 1. The lowest BCUT2D eigenvalue weighted by Crippen LogP contribution is -2.84. The molecule has 12 aliphatic rings. The van der Waals surface area contributed by atoms with E-state index in [4.69, 9.17) is 4.74 Å². The minimum atomic E-state index is -1.90. The van der Waals surface area contributed by atoms with E-state index in [0.717, 1.165) is 23.8 Å². The van der Waals surface area contributed by atoms with Gasteiger partial charge < -0.3 is 40.2 Å². The van der Waals surface area contributed by atoms with Gasteiger partial charge in [-0.25, -0.2) is 4.79 Å². The van der Waals surface area contributed by atoms with Crippen molar-refractivity contribution in [2.75, 3.05) is 13.3 Å². The number of nitrogens with one attached hydrogen (secondary N) is 1. The smallest absolute Gasteiger partial charge is 0.331 e. The molecular formula is C53H65NO9. The number of carbonyl (C=O) groups is 2. The zero-order valence-corrected chi connectivity index (χ0v) is 36.3. The molecule has 10 heteroatoms. The summed E-state index contributed by atoms with van der Waals surface area (Å²) in [5, 5.41) is 81.5. The van der Waals surface area contributed by atoms with Crippen LogP contribution in [0.3, 0.4) is 0 Å². The molecule has 19 atom stereocenters. The molecule has 0 aromatic heterocycles. The van der Waals surface area contributed by atoms with Crippen LogP contribution in [0.5, 0.6) is 0 Å². The molecule has 1 aromatic rings. The summed E-state index contributed by atoms with van der Waals surface area (Å²) in [4.78, 5) is 28.4. The Hall–Kier alpha value is -3.14. The zero-order chi connectivity index (χ0) is 43.3. The van der Waals surface area contributed by atoms with E-state index in [-0.39, 0.29) is 50.0 Å². The molecule has 336 valence electrons. The van der Waals surface area contributed by atoms with Crippen LogP contribution < -0.4 is 5.32 Å². The lowest BCUT2D eigenvalue weighted by molar-refractivity contribution is -0.365. The fourth-order valence-corrected chi connectivity index (χ4v) is 19.2. The number of fused-ring (bicyclic) bond motifs is 5. The first-order valence-electron chi connectivity index (χ1n) is 24.6. The van der Waals surface area contributed by atoms with Crippen LogP contribution in [-0.2, 0) is 20.7 Å². The molecule has 0 radical (unpaired) electrons. The molecule has 1 aliphatic heterocycles. The number of esters is 1. The quantitative estimate of drug-likeness (QED) is 0.0733. The Morgan fingerprint density at radius 3 is 2.51 bits per heavy atom. The van der Waals surface area contributed by atoms with Gasteiger partial charge in [-0.1, -0.05) is 80.0 Å². The third kappa shape index (κ3) is 4.96. The first-order valence-corrected chi connectivity index (χ1v) is 24.6. The molecule has 10 nitrogen and oxygen atoms in total. The second kappa shape index (κ2) is 14.2. The van der Waals surface area contributed by atoms with Crippen molar-refractivity contribution in [3.05, 3.63) is 71.3 Å². The summed E-state index contributed by atoms with van der Waals surface area (Å²) in [5.74, 6) is 3.94. The number of benzene rings is 1. The van der Waals surface area contributed by atoms with Crippen molar-refractivity contribution in [3.63, 3.8) is 0 Å². The summed E-state index contributed by atoms with van der Waals surface area (Å²) in [7, 11) is 0. The zero-order valence-electron chi connectivity index (χ0n) is 36.3. The first-order chi connectivity index (χ1) is 30.4. The molecule has 7 fully saturated rings. The number of carbonyl (C=O) groups excluding carboxylic acids is 2. The number of hydrogen-bond donors (Lipinski definition) is 7. The monoisotopic (exact) mass is 859 g/mol. The molecule has 63 heavy (non-hydrogen) atoms. The second-order valence-corrected chi connectivity index (χ2v) is 22.6. The Morgan fingerprint density at radius 2 is 1.71 bits per heavy atom. The molecule has 7 saturated carbocycles. The van der Waals surface area contributed by atoms with Gasteiger partial charge in [0.2, 0.25) is 0 Å². The highest BCUT2D eigenvalue weighted by Gasteiger charge is 2.88. The maximum atomic E-state index is 14.7. The number of ether oxygens (including phenoxy) is 1. The fraction of sp³-hybridized carbons (Fsp3) is 0.698. The fourth-order valence-electron chi connectivity index (χ4n) is 19.2. The van der Waals surface area contributed by atoms with Gasteiger partial charge in [0.25, 0.3) is 0 Å². The van der Waals surface area contributed by atoms with Gasteiger partial charge >= 0.3 is 5.97 Å². The minimum Gasteiger partial charge on any atom is -0.454 e. The predicted octanol–water partition coefficient (Wildman–Crippen LogP) is 4.53. The lowest BCUT2D eigenvalue weighted by atomic mass is 9.30. The normalized spacial score (nSPS) is 52.2. The molecule has 1 heterocycles. The molecule has 0 saturated heterocycles. The van der Waals surface area contributed by atoms with E-state index in [1.165, 1.54) is 25.7 Å². The number of aliphatic hydroxyl groups excluding tert-OH is 3. The van der Waals surface area contributed by atoms with Gasteiger partial charge in [0, 0.05) is 52.7 Å². The Bertz CT molecular complexity index is 2240. The summed E-state index contributed by atoms with van der Waals surface area (Å²) in [5.41, 5.74) is -6.76. The van der Waals surface area contributed by atoms with Gasteiger partial charge in [-0.2, -0.15) is 0 Å². The Labute approximate surface area is 370 Å². The van der Waals surface area contributed by atoms with E-state index >= 15 is 0 Å². The third-order valence-electron chi connectivity index (χ3n) is 21.2. The topological polar surface area (TPSA) is 177 Å². The second-order valence-electron chi connectivity index (χ2n) is 22.6. The maximum Gasteiger partial charge on any atom is 0.331 e. The SMILES string of the molecule is O=C[C@]12[C@H]3[C@@H]4C=C[C@H]1C[C@H](O)[C@@H]1C[C@H]5C=CC[C@H](C6CCCC6)[C@@H]5C[C@@H](C[C@@]3(O)[C@@]3(O)C[C@@H]5C[C@H]6[C@@H](NCO)Cc7ccccc7C#CCC[C@@]3(C4)[C@@]5(CO)C3=CC(=O)O[C@H]36)[C@]12O. The van der Waals surface area contributed by atoms with E-state index in [1.807, 2.05) is 30.3 Å². The molecule has 0 unspecified atom stereocenters. The van der Waals surface area contributed by atoms with Crippen molar-refractivity contribution < 1.29 is 45.0 Å². The molecule has 1 spiro atoms. The largest absolute Gasteiger partial charge is 0.454 e. The summed E-state index contributed by atoms with van der Waals surface area (Å²) >= 11 is 0. The van der Waals surface area contributed by atoms with Crippen LogP contribution in [0.4, 0.5) is 0 Å². The van der Waals surface area contributed by atoms with E-state index in [2.05, 4.69) is 35.4 Å².